The summed E-state index contributed by atoms with van der Waals surface area (Å²) in [4.78, 5) is 11.0. The molecule has 1 fully saturated rings. The number of aliphatic imine (C=N–C) groups is 1. The van der Waals surface area contributed by atoms with Gasteiger partial charge in [0.15, 0.2) is 5.96 Å². The van der Waals surface area contributed by atoms with Gasteiger partial charge in [0.2, 0.25) is 0 Å². The topological polar surface area (TPSA) is 58.5 Å². The second kappa shape index (κ2) is 11.6. The number of rotatable bonds is 11. The zero-order valence-corrected chi connectivity index (χ0v) is 18.5. The quantitative estimate of drug-likeness (QED) is 0.337. The highest BCUT2D eigenvalue weighted by Crippen LogP contribution is 2.41. The molecule has 1 aliphatic carbocycles. The number of aryl methyl sites for hydroxylation is 2. The Morgan fingerprint density at radius 2 is 2.00 bits per heavy atom. The van der Waals surface area contributed by atoms with Crippen LogP contribution >= 0.6 is 11.3 Å². The molecule has 0 atom stereocenters. The van der Waals surface area contributed by atoms with Crippen molar-refractivity contribution in [1.29, 1.82) is 0 Å². The first-order valence-corrected chi connectivity index (χ1v) is 11.5. The molecule has 5 nitrogen and oxygen atoms in total. The van der Waals surface area contributed by atoms with Crippen LogP contribution in [0.3, 0.4) is 0 Å². The summed E-state index contributed by atoms with van der Waals surface area (Å²) in [5.74, 6) is 0.934. The fourth-order valence-corrected chi connectivity index (χ4v) is 4.87. The van der Waals surface area contributed by atoms with Crippen molar-refractivity contribution < 1.29 is 4.74 Å². The Labute approximate surface area is 169 Å². The van der Waals surface area contributed by atoms with Crippen molar-refractivity contribution in [1.82, 2.24) is 15.6 Å². The molecule has 27 heavy (non-hydrogen) atoms. The lowest BCUT2D eigenvalue weighted by molar-refractivity contribution is 0.107. The summed E-state index contributed by atoms with van der Waals surface area (Å²) in [6.45, 7) is 12.8. The minimum atomic E-state index is 0.333. The van der Waals surface area contributed by atoms with Gasteiger partial charge in [0, 0.05) is 44.1 Å². The van der Waals surface area contributed by atoms with Gasteiger partial charge in [-0.1, -0.05) is 19.8 Å². The van der Waals surface area contributed by atoms with Gasteiger partial charge in [0.05, 0.1) is 10.7 Å². The Morgan fingerprint density at radius 1 is 1.22 bits per heavy atom. The van der Waals surface area contributed by atoms with Crippen LogP contribution in [0.4, 0.5) is 0 Å². The molecule has 0 aliphatic heterocycles. The van der Waals surface area contributed by atoms with Gasteiger partial charge in [-0.05, 0) is 51.9 Å². The number of guanidine groups is 1. The molecule has 0 bridgehead atoms. The van der Waals surface area contributed by atoms with Crippen LogP contribution in [0.1, 0.15) is 68.5 Å². The predicted octanol–water partition coefficient (Wildman–Crippen LogP) is 4.10. The van der Waals surface area contributed by atoms with E-state index < -0.39 is 0 Å². The Hall–Kier alpha value is -1.14. The third-order valence-electron chi connectivity index (χ3n) is 5.47. The molecule has 0 radical (unpaired) electrons. The van der Waals surface area contributed by atoms with Gasteiger partial charge in [-0.25, -0.2) is 4.98 Å². The Kier molecular flexibility index (Phi) is 9.56. The van der Waals surface area contributed by atoms with Gasteiger partial charge in [-0.15, -0.1) is 11.3 Å². The van der Waals surface area contributed by atoms with Crippen LogP contribution in [0, 0.1) is 12.3 Å². The third kappa shape index (κ3) is 7.07. The summed E-state index contributed by atoms with van der Waals surface area (Å²) in [5, 5.41) is 8.11. The maximum absolute atomic E-state index is 5.62. The second-order valence-electron chi connectivity index (χ2n) is 7.49. The van der Waals surface area contributed by atoms with E-state index in [1.165, 1.54) is 41.3 Å². The minimum Gasteiger partial charge on any atom is -0.382 e. The normalized spacial score (nSPS) is 16.7. The van der Waals surface area contributed by atoms with Gasteiger partial charge >= 0.3 is 0 Å². The van der Waals surface area contributed by atoms with Crippen LogP contribution in [-0.2, 0) is 17.6 Å². The molecule has 6 heteroatoms. The summed E-state index contributed by atoms with van der Waals surface area (Å²) in [5.41, 5.74) is 1.58. The highest BCUT2D eigenvalue weighted by Gasteiger charge is 2.33. The molecule has 1 aliphatic rings. The van der Waals surface area contributed by atoms with Crippen LogP contribution in [0.2, 0.25) is 0 Å². The van der Waals surface area contributed by atoms with E-state index in [1.807, 2.05) is 11.3 Å². The zero-order valence-electron chi connectivity index (χ0n) is 17.7. The van der Waals surface area contributed by atoms with Gasteiger partial charge in [-0.3, -0.25) is 4.99 Å². The van der Waals surface area contributed by atoms with E-state index in [0.717, 1.165) is 58.1 Å². The Bertz CT molecular complexity index is 579. The Balaban J connectivity index is 1.88. The van der Waals surface area contributed by atoms with Gasteiger partial charge in [0.25, 0.3) is 0 Å². The molecular weight excluding hydrogens is 356 g/mol. The first kappa shape index (κ1) is 22.2. The maximum atomic E-state index is 5.62. The number of thiazole rings is 1. The molecule has 0 saturated heterocycles. The zero-order chi connectivity index (χ0) is 19.5. The molecule has 1 saturated carbocycles. The first-order chi connectivity index (χ1) is 13.1. The van der Waals surface area contributed by atoms with Crippen LogP contribution in [0.25, 0.3) is 0 Å². The molecule has 0 amide bonds. The monoisotopic (exact) mass is 394 g/mol. The Morgan fingerprint density at radius 3 is 2.63 bits per heavy atom. The summed E-state index contributed by atoms with van der Waals surface area (Å²) in [6, 6.07) is 0. The number of aromatic nitrogens is 1. The average Bonchev–Trinajstić information content (AvgIpc) is 3.27. The largest absolute Gasteiger partial charge is 0.382 e. The molecule has 0 spiro atoms. The van der Waals surface area contributed by atoms with Crippen molar-refractivity contribution >= 4 is 17.3 Å². The van der Waals surface area contributed by atoms with E-state index in [0.29, 0.717) is 5.41 Å². The fourth-order valence-electron chi connectivity index (χ4n) is 3.84. The lowest BCUT2D eigenvalue weighted by Crippen LogP contribution is -2.39. The third-order valence-corrected chi connectivity index (χ3v) is 6.54. The van der Waals surface area contributed by atoms with Gasteiger partial charge in [-0.2, -0.15) is 0 Å². The summed E-state index contributed by atoms with van der Waals surface area (Å²) < 4.78 is 5.62. The summed E-state index contributed by atoms with van der Waals surface area (Å²) >= 11 is 1.82. The number of hydrogen-bond acceptors (Lipinski definition) is 4. The molecule has 1 aromatic heterocycles. The van der Waals surface area contributed by atoms with E-state index >= 15 is 0 Å². The molecule has 2 N–H and O–H groups in total. The highest BCUT2D eigenvalue weighted by molar-refractivity contribution is 7.11. The van der Waals surface area contributed by atoms with E-state index in [9.17, 15) is 0 Å². The predicted molar refractivity (Wildman–Crippen MR) is 116 cm³/mol. The van der Waals surface area contributed by atoms with Gasteiger partial charge in [0.1, 0.15) is 0 Å². The highest BCUT2D eigenvalue weighted by atomic mass is 32.1. The van der Waals surface area contributed by atoms with Crippen molar-refractivity contribution in [2.24, 2.45) is 10.4 Å². The van der Waals surface area contributed by atoms with E-state index in [-0.39, 0.29) is 0 Å². The smallest absolute Gasteiger partial charge is 0.191 e. The van der Waals surface area contributed by atoms with Crippen molar-refractivity contribution in [3.05, 3.63) is 15.6 Å². The molecule has 1 heterocycles. The first-order valence-electron chi connectivity index (χ1n) is 10.7. The van der Waals surface area contributed by atoms with E-state index in [2.05, 4.69) is 38.3 Å². The molecule has 2 rings (SSSR count). The van der Waals surface area contributed by atoms with E-state index in [4.69, 9.17) is 14.7 Å². The van der Waals surface area contributed by atoms with E-state index in [1.54, 1.807) is 0 Å². The lowest BCUT2D eigenvalue weighted by atomic mass is 9.83. The fraction of sp³-hybridized carbons (Fsp3) is 0.810. The molecule has 154 valence electrons. The number of nitrogens with one attached hydrogen (secondary N) is 2. The molecule has 0 aromatic carbocycles. The second-order valence-corrected chi connectivity index (χ2v) is 8.78. The maximum Gasteiger partial charge on any atom is 0.191 e. The van der Waals surface area contributed by atoms with Crippen LogP contribution in [-0.4, -0.2) is 43.8 Å². The molecule has 1 aromatic rings. The van der Waals surface area contributed by atoms with Crippen molar-refractivity contribution in [3.63, 3.8) is 0 Å². The van der Waals surface area contributed by atoms with Crippen molar-refractivity contribution in [2.75, 3.05) is 32.8 Å². The number of hydrogen-bond donors (Lipinski definition) is 2. The van der Waals surface area contributed by atoms with Crippen LogP contribution in [0.15, 0.2) is 4.99 Å². The standard InChI is InChI=1S/C21H38N4OS/c1-5-18-17(4)27-19(25-18)10-14-23-20(22-6-2)24-16-21(11-8-9-12-21)13-15-26-7-3/h5-16H2,1-4H3,(H2,22,23,24). The van der Waals surface area contributed by atoms with Gasteiger partial charge < -0.3 is 15.4 Å². The van der Waals surface area contributed by atoms with Crippen LogP contribution < -0.4 is 10.6 Å². The minimum absolute atomic E-state index is 0.333. The van der Waals surface area contributed by atoms with Crippen molar-refractivity contribution in [2.45, 2.75) is 72.6 Å². The molecule has 0 unspecified atom stereocenters. The van der Waals surface area contributed by atoms with Crippen LogP contribution in [0.5, 0.6) is 0 Å². The summed E-state index contributed by atoms with van der Waals surface area (Å²) in [7, 11) is 0. The number of nitrogens with zero attached hydrogens (tertiary/aromatic N) is 2. The average molecular weight is 395 g/mol. The lowest BCUT2D eigenvalue weighted by Gasteiger charge is -2.27. The van der Waals surface area contributed by atoms with Crippen molar-refractivity contribution in [3.8, 4) is 0 Å². The number of ether oxygens (including phenoxy) is 1. The SMILES string of the molecule is CCNC(=NCC1(CCOCC)CCCC1)NCCc1nc(CC)c(C)s1. The summed E-state index contributed by atoms with van der Waals surface area (Å²) in [6.07, 6.45) is 8.31. The molecular formula is C21H38N4OS.